The van der Waals surface area contributed by atoms with Crippen LogP contribution in [0.5, 0.6) is 0 Å². The molecule has 0 bridgehead atoms. The quantitative estimate of drug-likeness (QED) is 0.188. The molecule has 198 valence electrons. The van der Waals surface area contributed by atoms with Gasteiger partial charge in [0.1, 0.15) is 0 Å². The molecule has 0 aliphatic heterocycles. The molecule has 0 fully saturated rings. The number of carbonyl (C=O) groups is 2. The Hall–Kier alpha value is -4.58. The van der Waals surface area contributed by atoms with Crippen molar-refractivity contribution in [3.63, 3.8) is 0 Å². The van der Waals surface area contributed by atoms with Crippen LogP contribution in [0.1, 0.15) is 50.1 Å². The number of para-hydroxylation sites is 2. The molecule has 0 saturated heterocycles. The highest BCUT2D eigenvalue weighted by Crippen LogP contribution is 2.44. The summed E-state index contributed by atoms with van der Waals surface area (Å²) in [5, 5.41) is 24.0. The van der Waals surface area contributed by atoms with E-state index in [-0.39, 0.29) is 11.1 Å². The largest absolute Gasteiger partial charge is 0.504 e. The van der Waals surface area contributed by atoms with Crippen molar-refractivity contribution >= 4 is 44.5 Å². The molecule has 2 aromatic heterocycles. The summed E-state index contributed by atoms with van der Waals surface area (Å²) in [7, 11) is 1.87. The molecule has 0 saturated carbocycles. The van der Waals surface area contributed by atoms with Gasteiger partial charge in [-0.3, -0.25) is 9.59 Å². The van der Waals surface area contributed by atoms with Crippen LogP contribution < -0.4 is 0 Å². The van der Waals surface area contributed by atoms with Gasteiger partial charge in [0.05, 0.1) is 11.1 Å². The number of aromatic amines is 1. The summed E-state index contributed by atoms with van der Waals surface area (Å²) in [5.41, 5.74) is 4.30. The first-order chi connectivity index (χ1) is 18.5. The first-order valence-corrected chi connectivity index (χ1v) is 12.9. The second kappa shape index (κ2) is 9.31. The van der Waals surface area contributed by atoms with E-state index < -0.39 is 28.5 Å². The van der Waals surface area contributed by atoms with E-state index in [9.17, 15) is 19.8 Å². The van der Waals surface area contributed by atoms with Crippen LogP contribution in [0.3, 0.4) is 0 Å². The molecule has 3 N–H and O–H groups in total. The lowest BCUT2D eigenvalue weighted by atomic mass is 9.80. The SMILES string of the molecule is C=CC(C)(C)c1c(C2=C(O)C(=O)C(c3c[nH]c4c(CC=C(C)C)cccc34)=C(O)C2=O)c2ccccc2n1C. The number of hydrogen-bond acceptors (Lipinski definition) is 4. The van der Waals surface area contributed by atoms with Gasteiger partial charge in [-0.2, -0.15) is 0 Å². The fourth-order valence-electron chi connectivity index (χ4n) is 5.57. The van der Waals surface area contributed by atoms with Gasteiger partial charge in [-0.25, -0.2) is 0 Å². The Balaban J connectivity index is 1.72. The third-order valence-electron chi connectivity index (χ3n) is 7.64. The number of aryl methyl sites for hydroxylation is 1. The van der Waals surface area contributed by atoms with Gasteiger partial charge in [-0.1, -0.05) is 68.0 Å². The van der Waals surface area contributed by atoms with E-state index in [0.717, 1.165) is 16.6 Å². The highest BCUT2D eigenvalue weighted by atomic mass is 16.3. The minimum Gasteiger partial charge on any atom is -0.504 e. The third kappa shape index (κ3) is 3.95. The Bertz CT molecular complexity index is 1800. The maximum absolute atomic E-state index is 13.9. The highest BCUT2D eigenvalue weighted by molar-refractivity contribution is 6.48. The molecular weight excluding hydrogens is 488 g/mol. The molecule has 0 spiro atoms. The summed E-state index contributed by atoms with van der Waals surface area (Å²) in [5.74, 6) is -2.96. The number of aliphatic hydroxyl groups is 2. The summed E-state index contributed by atoms with van der Waals surface area (Å²) >= 11 is 0. The van der Waals surface area contributed by atoms with Gasteiger partial charge in [0.2, 0.25) is 11.6 Å². The molecule has 4 aromatic rings. The number of hydrogen-bond donors (Lipinski definition) is 3. The fraction of sp³-hybridized carbons (Fsp3) is 0.212. The minimum absolute atomic E-state index is 0.202. The summed E-state index contributed by atoms with van der Waals surface area (Å²) in [4.78, 5) is 30.8. The molecule has 39 heavy (non-hydrogen) atoms. The van der Waals surface area contributed by atoms with Crippen LogP contribution in [0.25, 0.3) is 33.0 Å². The molecule has 0 atom stereocenters. The van der Waals surface area contributed by atoms with Crippen LogP contribution in [0.4, 0.5) is 0 Å². The second-order valence-electron chi connectivity index (χ2n) is 10.9. The van der Waals surface area contributed by atoms with Crippen LogP contribution in [0.2, 0.25) is 0 Å². The predicted octanol–water partition coefficient (Wildman–Crippen LogP) is 7.02. The summed E-state index contributed by atoms with van der Waals surface area (Å²) in [6.45, 7) is 11.9. The summed E-state index contributed by atoms with van der Waals surface area (Å²) in [6, 6.07) is 13.2. The van der Waals surface area contributed by atoms with E-state index in [2.05, 4.69) is 17.6 Å². The van der Waals surface area contributed by atoms with E-state index in [1.165, 1.54) is 5.57 Å². The predicted molar refractivity (Wildman–Crippen MR) is 157 cm³/mol. The Morgan fingerprint density at radius 1 is 0.974 bits per heavy atom. The maximum atomic E-state index is 13.9. The lowest BCUT2D eigenvalue weighted by molar-refractivity contribution is -0.116. The van der Waals surface area contributed by atoms with Crippen molar-refractivity contribution in [1.29, 1.82) is 0 Å². The van der Waals surface area contributed by atoms with Crippen LogP contribution in [0.15, 0.2) is 84.5 Å². The van der Waals surface area contributed by atoms with E-state index >= 15 is 0 Å². The number of nitrogens with one attached hydrogen (secondary N) is 1. The Morgan fingerprint density at radius 3 is 2.31 bits per heavy atom. The molecular formula is C33H32N2O4. The Kier molecular flexibility index (Phi) is 6.22. The number of rotatable bonds is 6. The molecule has 1 aliphatic carbocycles. The second-order valence-corrected chi connectivity index (χ2v) is 10.9. The van der Waals surface area contributed by atoms with Crippen LogP contribution >= 0.6 is 0 Å². The standard InChI is InChI=1S/C33H32N2O4/c1-7-33(4,5)32-24(21-12-8-9-14-23(21)35(32)6)26-30(38)28(36)25(29(37)31(26)39)22-17-34-27-19(16-15-18(2)3)11-10-13-20(22)27/h7-15,17,34,36,39H,1,16H2,2-6H3. The van der Waals surface area contributed by atoms with Crippen molar-refractivity contribution in [2.45, 2.75) is 39.5 Å². The van der Waals surface area contributed by atoms with E-state index in [1.807, 2.05) is 81.8 Å². The van der Waals surface area contributed by atoms with E-state index in [1.54, 1.807) is 12.3 Å². The fourth-order valence-corrected chi connectivity index (χ4v) is 5.57. The smallest absolute Gasteiger partial charge is 0.232 e. The third-order valence-corrected chi connectivity index (χ3v) is 7.64. The van der Waals surface area contributed by atoms with Gasteiger partial charge in [-0.05, 0) is 31.9 Å². The molecule has 2 heterocycles. The minimum atomic E-state index is -0.798. The van der Waals surface area contributed by atoms with Gasteiger partial charge < -0.3 is 19.8 Å². The van der Waals surface area contributed by atoms with Crippen molar-refractivity contribution in [3.8, 4) is 0 Å². The number of aliphatic hydroxyl groups excluding tert-OH is 2. The number of Topliss-reactive ketones (excluding diaryl/α,β-unsaturated/α-hetero) is 2. The number of carbonyl (C=O) groups excluding carboxylic acids is 2. The van der Waals surface area contributed by atoms with Crippen molar-refractivity contribution in [3.05, 3.63) is 107 Å². The normalized spacial score (nSPS) is 14.6. The van der Waals surface area contributed by atoms with Crippen LogP contribution in [-0.2, 0) is 28.5 Å². The van der Waals surface area contributed by atoms with Crippen LogP contribution in [0, 0.1) is 0 Å². The van der Waals surface area contributed by atoms with E-state index in [0.29, 0.717) is 34.0 Å². The number of H-pyrrole nitrogens is 1. The number of benzene rings is 2. The number of fused-ring (bicyclic) bond motifs is 2. The lowest BCUT2D eigenvalue weighted by Gasteiger charge is -2.25. The first kappa shape index (κ1) is 26.0. The molecule has 6 nitrogen and oxygen atoms in total. The van der Waals surface area contributed by atoms with Crippen molar-refractivity contribution < 1.29 is 19.8 Å². The van der Waals surface area contributed by atoms with Gasteiger partial charge in [-0.15, -0.1) is 6.58 Å². The topological polar surface area (TPSA) is 95.3 Å². The first-order valence-electron chi connectivity index (χ1n) is 12.9. The maximum Gasteiger partial charge on any atom is 0.232 e. The number of ketones is 2. The zero-order valence-electron chi connectivity index (χ0n) is 22.8. The number of aromatic nitrogens is 2. The summed E-state index contributed by atoms with van der Waals surface area (Å²) < 4.78 is 1.94. The zero-order chi connectivity index (χ0) is 28.2. The molecule has 6 heteroatoms. The van der Waals surface area contributed by atoms with Gasteiger partial charge >= 0.3 is 0 Å². The molecule has 5 rings (SSSR count). The molecule has 0 radical (unpaired) electrons. The van der Waals surface area contributed by atoms with Gasteiger partial charge in [0.15, 0.2) is 11.5 Å². The molecule has 2 aromatic carbocycles. The Morgan fingerprint density at radius 2 is 1.62 bits per heavy atom. The van der Waals surface area contributed by atoms with Gasteiger partial charge in [0.25, 0.3) is 0 Å². The number of nitrogens with zero attached hydrogens (tertiary/aromatic N) is 1. The van der Waals surface area contributed by atoms with Crippen molar-refractivity contribution in [1.82, 2.24) is 9.55 Å². The van der Waals surface area contributed by atoms with E-state index in [4.69, 9.17) is 0 Å². The average Bonchev–Trinajstić information content (AvgIpc) is 3.47. The zero-order valence-corrected chi connectivity index (χ0v) is 22.8. The lowest BCUT2D eigenvalue weighted by Crippen LogP contribution is -2.25. The molecule has 1 aliphatic rings. The molecule has 0 amide bonds. The van der Waals surface area contributed by atoms with Crippen LogP contribution in [-0.4, -0.2) is 31.3 Å². The van der Waals surface area contributed by atoms with Crippen molar-refractivity contribution in [2.24, 2.45) is 7.05 Å². The van der Waals surface area contributed by atoms with Crippen molar-refractivity contribution in [2.75, 3.05) is 0 Å². The summed E-state index contributed by atoms with van der Waals surface area (Å²) in [6.07, 6.45) is 6.16. The highest BCUT2D eigenvalue weighted by Gasteiger charge is 2.41. The number of allylic oxidation sites excluding steroid dienone is 5. The molecule has 0 unspecified atom stereocenters. The Labute approximate surface area is 227 Å². The monoisotopic (exact) mass is 520 g/mol. The van der Waals surface area contributed by atoms with Gasteiger partial charge in [0, 0.05) is 57.3 Å². The average molecular weight is 521 g/mol.